The molecule has 1 aromatic rings. The summed E-state index contributed by atoms with van der Waals surface area (Å²) in [4.78, 5) is 11.3. The number of nitrogens with two attached hydrogens (primary N) is 1. The van der Waals surface area contributed by atoms with Crippen LogP contribution >= 0.6 is 0 Å². The van der Waals surface area contributed by atoms with Crippen molar-refractivity contribution < 1.29 is 28.0 Å². The van der Waals surface area contributed by atoms with Crippen LogP contribution in [0.2, 0.25) is 0 Å². The minimum Gasteiger partial charge on any atom is -0.423 e. The summed E-state index contributed by atoms with van der Waals surface area (Å²) in [6.07, 6.45) is -4.80. The average Bonchev–Trinajstić information content (AvgIpc) is 2.26. The summed E-state index contributed by atoms with van der Waals surface area (Å²) >= 11 is 0. The molecule has 92 valence electrons. The van der Waals surface area contributed by atoms with Crippen LogP contribution in [0, 0.1) is 0 Å². The Kier molecular flexibility index (Phi) is 3.92. The number of Topliss-reactive ketones (excluding diaryl/α,β-unsaturated/α-hetero) is 1. The van der Waals surface area contributed by atoms with E-state index in [2.05, 4.69) is 0 Å². The molecule has 17 heavy (non-hydrogen) atoms. The molecule has 0 saturated carbocycles. The highest BCUT2D eigenvalue weighted by molar-refractivity contribution is 6.58. The van der Waals surface area contributed by atoms with Crippen molar-refractivity contribution in [3.63, 3.8) is 0 Å². The predicted molar refractivity (Wildman–Crippen MR) is 54.6 cm³/mol. The largest absolute Gasteiger partial charge is 0.488 e. The van der Waals surface area contributed by atoms with E-state index in [4.69, 9.17) is 15.8 Å². The van der Waals surface area contributed by atoms with Crippen LogP contribution < -0.4 is 11.2 Å². The van der Waals surface area contributed by atoms with E-state index in [1.165, 1.54) is 0 Å². The molecule has 0 amide bonds. The predicted octanol–water partition coefficient (Wildman–Crippen LogP) is -0.561. The first-order valence-corrected chi connectivity index (χ1v) is 4.56. The summed E-state index contributed by atoms with van der Waals surface area (Å²) in [5, 5.41) is 17.5. The molecule has 0 bridgehead atoms. The van der Waals surface area contributed by atoms with Gasteiger partial charge in [0, 0.05) is 5.56 Å². The van der Waals surface area contributed by atoms with Crippen molar-refractivity contribution in [3.8, 4) is 0 Å². The second kappa shape index (κ2) is 4.86. The van der Waals surface area contributed by atoms with Gasteiger partial charge in [-0.05, 0) is 5.46 Å². The van der Waals surface area contributed by atoms with Crippen molar-refractivity contribution in [2.75, 3.05) is 0 Å². The lowest BCUT2D eigenvalue weighted by atomic mass is 9.80. The van der Waals surface area contributed by atoms with Crippen LogP contribution in [0.5, 0.6) is 0 Å². The Bertz CT molecular complexity index is 405. The van der Waals surface area contributed by atoms with Gasteiger partial charge in [0.05, 0.1) is 0 Å². The van der Waals surface area contributed by atoms with Crippen molar-refractivity contribution >= 4 is 18.4 Å². The molecule has 0 aromatic heterocycles. The molecule has 1 rings (SSSR count). The third-order valence-electron chi connectivity index (χ3n) is 2.13. The van der Waals surface area contributed by atoms with Crippen molar-refractivity contribution in [3.05, 3.63) is 29.8 Å². The van der Waals surface area contributed by atoms with E-state index in [-0.39, 0.29) is 11.0 Å². The van der Waals surface area contributed by atoms with Crippen molar-refractivity contribution in [1.29, 1.82) is 0 Å². The number of hydrogen-bond donors (Lipinski definition) is 3. The third-order valence-corrected chi connectivity index (χ3v) is 2.13. The fraction of sp³-hybridized carbons (Fsp3) is 0.222. The fourth-order valence-corrected chi connectivity index (χ4v) is 1.15. The van der Waals surface area contributed by atoms with Crippen LogP contribution in [0.1, 0.15) is 10.4 Å². The van der Waals surface area contributed by atoms with Crippen molar-refractivity contribution in [2.24, 2.45) is 5.73 Å². The van der Waals surface area contributed by atoms with Crippen LogP contribution in [0.25, 0.3) is 0 Å². The Morgan fingerprint density at radius 3 is 2.06 bits per heavy atom. The molecule has 0 aliphatic carbocycles. The van der Waals surface area contributed by atoms with Crippen LogP contribution in [0.4, 0.5) is 13.2 Å². The van der Waals surface area contributed by atoms with Gasteiger partial charge in [-0.2, -0.15) is 13.2 Å². The average molecular weight is 247 g/mol. The standard InChI is InChI=1S/C9H9BF3NO3/c11-9(12,13)8(14)7(15)5-1-3-6(4-2-5)10(16)17/h1-4,8,16-17H,14H2. The maximum absolute atomic E-state index is 12.2. The first-order chi connectivity index (χ1) is 7.73. The summed E-state index contributed by atoms with van der Waals surface area (Å²) in [6.45, 7) is 0. The molecule has 4 nitrogen and oxygen atoms in total. The molecule has 0 fully saturated rings. The van der Waals surface area contributed by atoms with E-state index >= 15 is 0 Å². The quantitative estimate of drug-likeness (QED) is 0.493. The number of alkyl halides is 3. The van der Waals surface area contributed by atoms with E-state index < -0.39 is 25.1 Å². The molecule has 1 atom stereocenters. The molecule has 8 heteroatoms. The lowest BCUT2D eigenvalue weighted by Gasteiger charge is -2.14. The summed E-state index contributed by atoms with van der Waals surface area (Å²) in [5.74, 6) is -1.27. The van der Waals surface area contributed by atoms with Crippen LogP contribution in [-0.2, 0) is 0 Å². The SMILES string of the molecule is NC(C(=O)c1ccc(B(O)O)cc1)C(F)(F)F. The smallest absolute Gasteiger partial charge is 0.423 e. The third kappa shape index (κ3) is 3.29. The number of carbonyl (C=O) groups excluding carboxylic acids is 1. The Morgan fingerprint density at radius 2 is 1.71 bits per heavy atom. The highest BCUT2D eigenvalue weighted by Crippen LogP contribution is 2.21. The summed E-state index contributed by atoms with van der Waals surface area (Å²) in [6, 6.07) is 1.82. The van der Waals surface area contributed by atoms with Gasteiger partial charge in [-0.1, -0.05) is 24.3 Å². The molecule has 1 aromatic carbocycles. The molecule has 0 aliphatic heterocycles. The maximum atomic E-state index is 12.2. The van der Waals surface area contributed by atoms with Crippen LogP contribution in [-0.4, -0.2) is 35.2 Å². The van der Waals surface area contributed by atoms with Gasteiger partial charge in [-0.25, -0.2) is 0 Å². The number of ketones is 1. The van der Waals surface area contributed by atoms with Crippen LogP contribution in [0.3, 0.4) is 0 Å². The first-order valence-electron chi connectivity index (χ1n) is 4.56. The van der Waals surface area contributed by atoms with Gasteiger partial charge >= 0.3 is 13.3 Å². The van der Waals surface area contributed by atoms with Gasteiger partial charge in [-0.15, -0.1) is 0 Å². The minimum absolute atomic E-state index is 0.0714. The highest BCUT2D eigenvalue weighted by Gasteiger charge is 2.42. The number of benzene rings is 1. The van der Waals surface area contributed by atoms with Gasteiger partial charge in [0.15, 0.2) is 11.8 Å². The normalized spacial score (nSPS) is 13.3. The van der Waals surface area contributed by atoms with E-state index in [0.717, 1.165) is 24.3 Å². The highest BCUT2D eigenvalue weighted by atomic mass is 19.4. The zero-order valence-electron chi connectivity index (χ0n) is 8.48. The second-order valence-corrected chi connectivity index (χ2v) is 3.38. The lowest BCUT2D eigenvalue weighted by molar-refractivity contribution is -0.136. The summed E-state index contributed by atoms with van der Waals surface area (Å²) in [7, 11) is -1.74. The monoisotopic (exact) mass is 247 g/mol. The topological polar surface area (TPSA) is 83.6 Å². The molecule has 0 heterocycles. The molecule has 0 saturated heterocycles. The van der Waals surface area contributed by atoms with E-state index in [1.807, 2.05) is 0 Å². The fourth-order valence-electron chi connectivity index (χ4n) is 1.15. The lowest BCUT2D eigenvalue weighted by Crippen LogP contribution is -2.44. The molecule has 0 radical (unpaired) electrons. The van der Waals surface area contributed by atoms with Crippen LogP contribution in [0.15, 0.2) is 24.3 Å². The Morgan fingerprint density at radius 1 is 1.24 bits per heavy atom. The van der Waals surface area contributed by atoms with Gasteiger partial charge in [0.2, 0.25) is 0 Å². The molecule has 1 unspecified atom stereocenters. The number of halogens is 3. The van der Waals surface area contributed by atoms with Gasteiger partial charge in [0.1, 0.15) is 0 Å². The van der Waals surface area contributed by atoms with E-state index in [9.17, 15) is 18.0 Å². The Hall–Kier alpha value is -1.38. The summed E-state index contributed by atoms with van der Waals surface area (Å²) in [5.41, 5.74) is 4.59. The van der Waals surface area contributed by atoms with Gasteiger partial charge < -0.3 is 15.8 Å². The molecule has 4 N–H and O–H groups in total. The van der Waals surface area contributed by atoms with E-state index in [0.29, 0.717) is 0 Å². The first kappa shape index (κ1) is 13.7. The Labute approximate surface area is 95.0 Å². The zero-order chi connectivity index (χ0) is 13.2. The molecule has 0 spiro atoms. The molecular formula is C9H9BF3NO3. The number of rotatable bonds is 3. The van der Waals surface area contributed by atoms with Crippen molar-refractivity contribution in [1.82, 2.24) is 0 Å². The van der Waals surface area contributed by atoms with Crippen molar-refractivity contribution in [2.45, 2.75) is 12.2 Å². The van der Waals surface area contributed by atoms with Gasteiger partial charge in [-0.3, -0.25) is 4.79 Å². The maximum Gasteiger partial charge on any atom is 0.488 e. The number of carbonyl (C=O) groups is 1. The Balaban J connectivity index is 2.91. The van der Waals surface area contributed by atoms with E-state index in [1.54, 1.807) is 0 Å². The van der Waals surface area contributed by atoms with Gasteiger partial charge in [0.25, 0.3) is 0 Å². The minimum atomic E-state index is -4.80. The zero-order valence-corrected chi connectivity index (χ0v) is 8.48. The molecule has 0 aliphatic rings. The molecular weight excluding hydrogens is 238 g/mol. The number of hydrogen-bond acceptors (Lipinski definition) is 4. The second-order valence-electron chi connectivity index (χ2n) is 3.38. The summed E-state index contributed by atoms with van der Waals surface area (Å²) < 4.78 is 36.5.